The van der Waals surface area contributed by atoms with Gasteiger partial charge >= 0.3 is 0 Å². The Morgan fingerprint density at radius 1 is 1.00 bits per heavy atom. The minimum absolute atomic E-state index is 0.781. The Morgan fingerprint density at radius 2 is 1.72 bits per heavy atom. The third kappa shape index (κ3) is 2.54. The zero-order chi connectivity index (χ0) is 12.4. The molecule has 1 aromatic carbocycles. The van der Waals surface area contributed by atoms with Gasteiger partial charge in [-0.05, 0) is 69.4 Å². The van der Waals surface area contributed by atoms with Gasteiger partial charge in [-0.2, -0.15) is 0 Å². The molecule has 0 spiro atoms. The van der Waals surface area contributed by atoms with Crippen LogP contribution < -0.4 is 4.90 Å². The number of anilines is 1. The second kappa shape index (κ2) is 5.31. The van der Waals surface area contributed by atoms with Crippen molar-refractivity contribution in [1.29, 1.82) is 0 Å². The molecule has 18 heavy (non-hydrogen) atoms. The summed E-state index contributed by atoms with van der Waals surface area (Å²) < 4.78 is 0. The molecule has 0 aromatic heterocycles. The minimum Gasteiger partial charge on any atom is -0.372 e. The summed E-state index contributed by atoms with van der Waals surface area (Å²) in [6.45, 7) is 4.99. The third-order valence-electron chi connectivity index (χ3n) is 4.53. The highest BCUT2D eigenvalue weighted by Gasteiger charge is 2.19. The van der Waals surface area contributed by atoms with Crippen molar-refractivity contribution in [2.24, 2.45) is 0 Å². The first-order valence-corrected chi connectivity index (χ1v) is 7.36. The Bertz CT molecular complexity index is 388. The molecule has 0 amide bonds. The molecule has 0 bridgehead atoms. The van der Waals surface area contributed by atoms with Crippen molar-refractivity contribution in [2.45, 2.75) is 31.6 Å². The van der Waals surface area contributed by atoms with Crippen molar-refractivity contribution in [1.82, 2.24) is 4.90 Å². The number of piperidine rings is 1. The van der Waals surface area contributed by atoms with Gasteiger partial charge in [0.25, 0.3) is 0 Å². The van der Waals surface area contributed by atoms with Crippen molar-refractivity contribution in [3.05, 3.63) is 29.8 Å². The summed E-state index contributed by atoms with van der Waals surface area (Å²) >= 11 is 0. The van der Waals surface area contributed by atoms with E-state index in [1.807, 2.05) is 0 Å². The molecule has 2 aliphatic heterocycles. The van der Waals surface area contributed by atoms with Crippen LogP contribution in [-0.2, 0) is 0 Å². The summed E-state index contributed by atoms with van der Waals surface area (Å²) in [4.78, 5) is 4.99. The number of likely N-dealkylation sites (tertiary alicyclic amines) is 1. The highest BCUT2D eigenvalue weighted by Crippen LogP contribution is 2.30. The van der Waals surface area contributed by atoms with E-state index in [9.17, 15) is 0 Å². The van der Waals surface area contributed by atoms with Crippen LogP contribution in [-0.4, -0.2) is 38.1 Å². The highest BCUT2D eigenvalue weighted by atomic mass is 15.1. The average Bonchev–Trinajstić information content (AvgIpc) is 2.94. The summed E-state index contributed by atoms with van der Waals surface area (Å²) in [5.74, 6) is 0.781. The van der Waals surface area contributed by atoms with Crippen LogP contribution >= 0.6 is 0 Å². The molecule has 2 saturated heterocycles. The van der Waals surface area contributed by atoms with Crippen LogP contribution in [0.1, 0.15) is 37.2 Å². The number of hydrogen-bond acceptors (Lipinski definition) is 2. The predicted molar refractivity (Wildman–Crippen MR) is 77.4 cm³/mol. The lowest BCUT2D eigenvalue weighted by molar-refractivity contribution is 0.255. The second-order valence-electron chi connectivity index (χ2n) is 5.87. The smallest absolute Gasteiger partial charge is 0.0369 e. The summed E-state index contributed by atoms with van der Waals surface area (Å²) in [6.07, 6.45) is 5.36. The van der Waals surface area contributed by atoms with Gasteiger partial charge in [-0.25, -0.2) is 0 Å². The van der Waals surface area contributed by atoms with Gasteiger partial charge in [0.05, 0.1) is 0 Å². The molecule has 0 radical (unpaired) electrons. The van der Waals surface area contributed by atoms with E-state index < -0.39 is 0 Å². The third-order valence-corrected chi connectivity index (χ3v) is 4.53. The molecule has 0 N–H and O–H groups in total. The van der Waals surface area contributed by atoms with Gasteiger partial charge in [-0.3, -0.25) is 0 Å². The highest BCUT2D eigenvalue weighted by molar-refractivity contribution is 5.50. The Hall–Kier alpha value is -1.02. The van der Waals surface area contributed by atoms with Crippen molar-refractivity contribution in [2.75, 3.05) is 38.1 Å². The quantitative estimate of drug-likeness (QED) is 0.789. The molecule has 2 heteroatoms. The summed E-state index contributed by atoms with van der Waals surface area (Å²) in [5.41, 5.74) is 3.01. The van der Waals surface area contributed by atoms with Crippen LogP contribution in [0, 0.1) is 0 Å². The van der Waals surface area contributed by atoms with E-state index in [-0.39, 0.29) is 0 Å². The van der Waals surface area contributed by atoms with Gasteiger partial charge < -0.3 is 9.80 Å². The maximum Gasteiger partial charge on any atom is 0.0369 e. The Balaban J connectivity index is 1.74. The molecule has 2 heterocycles. The molecule has 1 aromatic rings. The van der Waals surface area contributed by atoms with E-state index >= 15 is 0 Å². The molecule has 0 atom stereocenters. The SMILES string of the molecule is CN1CCC(c2cccc(N3CCCC3)c2)CC1. The van der Waals surface area contributed by atoms with Crippen LogP contribution in [0.15, 0.2) is 24.3 Å². The summed E-state index contributed by atoms with van der Waals surface area (Å²) in [6, 6.07) is 9.31. The van der Waals surface area contributed by atoms with Gasteiger partial charge in [0.1, 0.15) is 0 Å². The van der Waals surface area contributed by atoms with E-state index in [2.05, 4.69) is 41.1 Å². The van der Waals surface area contributed by atoms with E-state index in [4.69, 9.17) is 0 Å². The van der Waals surface area contributed by atoms with Gasteiger partial charge in [0, 0.05) is 18.8 Å². The Morgan fingerprint density at radius 3 is 2.44 bits per heavy atom. The Kier molecular flexibility index (Phi) is 3.55. The molecule has 0 saturated carbocycles. The fraction of sp³-hybridized carbons (Fsp3) is 0.625. The molecule has 98 valence electrons. The fourth-order valence-corrected chi connectivity index (χ4v) is 3.29. The van der Waals surface area contributed by atoms with Gasteiger partial charge in [0.2, 0.25) is 0 Å². The van der Waals surface area contributed by atoms with Crippen molar-refractivity contribution in [3.8, 4) is 0 Å². The maximum atomic E-state index is 2.54. The first kappa shape index (κ1) is 12.0. The molecule has 3 rings (SSSR count). The lowest BCUT2D eigenvalue weighted by atomic mass is 9.89. The predicted octanol–water partition coefficient (Wildman–Crippen LogP) is 3.10. The molecule has 2 nitrogen and oxygen atoms in total. The number of nitrogens with zero attached hydrogens (tertiary/aromatic N) is 2. The van der Waals surface area contributed by atoms with Crippen LogP contribution in [0.25, 0.3) is 0 Å². The van der Waals surface area contributed by atoms with Crippen LogP contribution in [0.3, 0.4) is 0 Å². The zero-order valence-corrected chi connectivity index (χ0v) is 11.4. The zero-order valence-electron chi connectivity index (χ0n) is 11.4. The molecule has 2 aliphatic rings. The van der Waals surface area contributed by atoms with Crippen molar-refractivity contribution < 1.29 is 0 Å². The summed E-state index contributed by atoms with van der Waals surface area (Å²) in [7, 11) is 2.23. The largest absolute Gasteiger partial charge is 0.372 e. The summed E-state index contributed by atoms with van der Waals surface area (Å²) in [5, 5.41) is 0. The molecule has 2 fully saturated rings. The molecule has 0 unspecified atom stereocenters. The van der Waals surface area contributed by atoms with Crippen molar-refractivity contribution >= 4 is 5.69 Å². The normalized spacial score (nSPS) is 22.6. The number of benzene rings is 1. The fourth-order valence-electron chi connectivity index (χ4n) is 3.29. The molecular formula is C16H24N2. The van der Waals surface area contributed by atoms with Crippen LogP contribution in [0.4, 0.5) is 5.69 Å². The second-order valence-corrected chi connectivity index (χ2v) is 5.87. The Labute approximate surface area is 111 Å². The van der Waals surface area contributed by atoms with E-state index in [0.717, 1.165) is 5.92 Å². The van der Waals surface area contributed by atoms with Gasteiger partial charge in [-0.1, -0.05) is 12.1 Å². The maximum absolute atomic E-state index is 2.54. The molecule has 0 aliphatic carbocycles. The first-order valence-electron chi connectivity index (χ1n) is 7.36. The van der Waals surface area contributed by atoms with E-state index in [0.29, 0.717) is 0 Å². The van der Waals surface area contributed by atoms with Crippen molar-refractivity contribution in [3.63, 3.8) is 0 Å². The standard InChI is InChI=1S/C16H24N2/c1-17-11-7-14(8-12-17)15-5-4-6-16(13-15)18-9-2-3-10-18/h4-6,13-14H,2-3,7-12H2,1H3. The minimum atomic E-state index is 0.781. The average molecular weight is 244 g/mol. The molecular weight excluding hydrogens is 220 g/mol. The number of hydrogen-bond donors (Lipinski definition) is 0. The van der Waals surface area contributed by atoms with E-state index in [1.54, 1.807) is 5.56 Å². The first-order chi connectivity index (χ1) is 8.83. The van der Waals surface area contributed by atoms with Gasteiger partial charge in [0.15, 0.2) is 0 Å². The number of rotatable bonds is 2. The van der Waals surface area contributed by atoms with E-state index in [1.165, 1.54) is 57.5 Å². The topological polar surface area (TPSA) is 6.48 Å². The van der Waals surface area contributed by atoms with Crippen LogP contribution in [0.5, 0.6) is 0 Å². The lowest BCUT2D eigenvalue weighted by Gasteiger charge is -2.30. The van der Waals surface area contributed by atoms with Gasteiger partial charge in [-0.15, -0.1) is 0 Å². The lowest BCUT2D eigenvalue weighted by Crippen LogP contribution is -2.29. The monoisotopic (exact) mass is 244 g/mol. The van der Waals surface area contributed by atoms with Crippen LogP contribution in [0.2, 0.25) is 0 Å².